The van der Waals surface area contributed by atoms with Crippen LogP contribution in [0.3, 0.4) is 0 Å². The number of urea groups is 1. The Morgan fingerprint density at radius 3 is 2.37 bits per heavy atom. The zero-order valence-electron chi connectivity index (χ0n) is 17.6. The molecule has 0 aromatic heterocycles. The molecule has 162 valence electrons. The van der Waals surface area contributed by atoms with Gasteiger partial charge in [0.1, 0.15) is 0 Å². The molecule has 2 heterocycles. The fourth-order valence-electron chi connectivity index (χ4n) is 4.31. The Morgan fingerprint density at radius 1 is 1.13 bits per heavy atom. The number of piperidine rings is 1. The van der Waals surface area contributed by atoms with E-state index < -0.39 is 19.0 Å². The van der Waals surface area contributed by atoms with E-state index in [0.29, 0.717) is 24.9 Å². The first-order valence-corrected chi connectivity index (χ1v) is 10.6. The summed E-state index contributed by atoms with van der Waals surface area (Å²) in [7, 11) is 1.59. The third-order valence-electron chi connectivity index (χ3n) is 6.25. The summed E-state index contributed by atoms with van der Waals surface area (Å²) in [6, 6.07) is 7.94. The molecular weight excluding hydrogens is 388 g/mol. The van der Waals surface area contributed by atoms with Crippen molar-refractivity contribution in [2.24, 2.45) is 16.8 Å². The number of amides is 2. The third kappa shape index (κ3) is 4.50. The first kappa shape index (κ1) is 20.8. The average molecular weight is 418 g/mol. The highest BCUT2D eigenvalue weighted by Gasteiger charge is 2.48. The highest BCUT2D eigenvalue weighted by molar-refractivity contribution is 5.82. The largest absolute Gasteiger partial charge is 0.484 e. The number of halogens is 2. The predicted octanol–water partition coefficient (Wildman–Crippen LogP) is 4.44. The van der Waals surface area contributed by atoms with Gasteiger partial charge in [-0.05, 0) is 31.7 Å². The lowest BCUT2D eigenvalue weighted by Gasteiger charge is -2.45. The molecule has 2 atom stereocenters. The second-order valence-electron chi connectivity index (χ2n) is 8.86. The number of ether oxygens (including phenoxy) is 1. The van der Waals surface area contributed by atoms with Crippen LogP contribution in [0, 0.1) is 18.8 Å². The molecule has 2 aliphatic heterocycles. The van der Waals surface area contributed by atoms with Crippen LogP contribution in [0.4, 0.5) is 13.6 Å². The number of carbonyl (C=O) groups is 1. The predicted molar refractivity (Wildman–Crippen MR) is 112 cm³/mol. The lowest BCUT2D eigenvalue weighted by molar-refractivity contribution is -0.114. The zero-order chi connectivity index (χ0) is 21.5. The SMILES string of the molecule is C=C(N=C(OC)C1CC(c2ccc(C)cc2)CN(C(=O)N2CC(F)(F)C2)C1)C1CC1. The first-order chi connectivity index (χ1) is 14.3. The molecule has 1 aromatic carbocycles. The van der Waals surface area contributed by atoms with E-state index in [1.54, 1.807) is 12.0 Å². The van der Waals surface area contributed by atoms with Crippen LogP contribution in [-0.2, 0) is 4.74 Å². The summed E-state index contributed by atoms with van der Waals surface area (Å²) >= 11 is 0. The fourth-order valence-corrected chi connectivity index (χ4v) is 4.31. The highest BCUT2D eigenvalue weighted by atomic mass is 19.3. The summed E-state index contributed by atoms with van der Waals surface area (Å²) in [5, 5.41) is 0. The van der Waals surface area contributed by atoms with Gasteiger partial charge in [0, 0.05) is 30.6 Å². The summed E-state index contributed by atoms with van der Waals surface area (Å²) < 4.78 is 32.3. The number of aliphatic imine (C=N–C) groups is 1. The Morgan fingerprint density at radius 2 is 1.80 bits per heavy atom. The Labute approximate surface area is 176 Å². The van der Waals surface area contributed by atoms with Crippen LogP contribution in [0.25, 0.3) is 0 Å². The lowest BCUT2D eigenvalue weighted by atomic mass is 9.84. The van der Waals surface area contributed by atoms with Gasteiger partial charge in [-0.1, -0.05) is 36.4 Å². The van der Waals surface area contributed by atoms with E-state index >= 15 is 0 Å². The van der Waals surface area contributed by atoms with Gasteiger partial charge in [-0.25, -0.2) is 18.6 Å². The summed E-state index contributed by atoms with van der Waals surface area (Å²) in [5.74, 6) is -1.79. The molecule has 0 N–H and O–H groups in total. The molecule has 30 heavy (non-hydrogen) atoms. The number of methoxy groups -OCH3 is 1. The molecule has 1 aliphatic carbocycles. The van der Waals surface area contributed by atoms with Crippen LogP contribution >= 0.6 is 0 Å². The van der Waals surface area contributed by atoms with Gasteiger partial charge < -0.3 is 14.5 Å². The number of hydrogen-bond acceptors (Lipinski definition) is 3. The maximum Gasteiger partial charge on any atom is 0.320 e. The Kier molecular flexibility index (Phi) is 5.55. The summed E-state index contributed by atoms with van der Waals surface area (Å²) in [6.07, 6.45) is 2.99. The van der Waals surface area contributed by atoms with Crippen molar-refractivity contribution in [2.75, 3.05) is 33.3 Å². The zero-order valence-corrected chi connectivity index (χ0v) is 17.6. The Balaban J connectivity index is 1.56. The van der Waals surface area contributed by atoms with Gasteiger partial charge in [-0.15, -0.1) is 0 Å². The van der Waals surface area contributed by atoms with E-state index in [4.69, 9.17) is 4.74 Å². The molecule has 3 fully saturated rings. The van der Waals surface area contributed by atoms with E-state index in [1.807, 2.05) is 6.92 Å². The van der Waals surface area contributed by atoms with Gasteiger partial charge in [0.15, 0.2) is 5.90 Å². The Hall–Kier alpha value is -2.44. The number of nitrogens with zero attached hydrogens (tertiary/aromatic N) is 3. The maximum absolute atomic E-state index is 13.3. The van der Waals surface area contributed by atoms with Crippen molar-refractivity contribution < 1.29 is 18.3 Å². The van der Waals surface area contributed by atoms with E-state index in [9.17, 15) is 13.6 Å². The van der Waals surface area contributed by atoms with Crippen LogP contribution in [0.15, 0.2) is 41.5 Å². The highest BCUT2D eigenvalue weighted by Crippen LogP contribution is 2.38. The molecule has 7 heteroatoms. The molecule has 5 nitrogen and oxygen atoms in total. The minimum absolute atomic E-state index is 0.0876. The molecule has 2 unspecified atom stereocenters. The van der Waals surface area contributed by atoms with Gasteiger partial charge in [0.25, 0.3) is 5.92 Å². The summed E-state index contributed by atoms with van der Waals surface area (Å²) in [4.78, 5) is 20.5. The molecule has 2 saturated heterocycles. The normalized spacial score (nSPS) is 26.2. The van der Waals surface area contributed by atoms with Crippen molar-refractivity contribution in [3.05, 3.63) is 47.7 Å². The van der Waals surface area contributed by atoms with Crippen molar-refractivity contribution in [2.45, 2.75) is 38.0 Å². The van der Waals surface area contributed by atoms with Gasteiger partial charge in [-0.3, -0.25) is 0 Å². The maximum atomic E-state index is 13.3. The number of benzene rings is 1. The van der Waals surface area contributed by atoms with E-state index in [2.05, 4.69) is 35.8 Å². The van der Waals surface area contributed by atoms with Crippen LogP contribution in [0.5, 0.6) is 0 Å². The number of alkyl halides is 2. The van der Waals surface area contributed by atoms with Crippen molar-refractivity contribution in [1.29, 1.82) is 0 Å². The average Bonchev–Trinajstić information content (AvgIpc) is 3.55. The second kappa shape index (κ2) is 8.00. The number of allylic oxidation sites excluding steroid dienone is 1. The van der Waals surface area contributed by atoms with Crippen LogP contribution in [0.2, 0.25) is 0 Å². The number of aryl methyl sites for hydroxylation is 1. The quantitative estimate of drug-likeness (QED) is 0.537. The van der Waals surface area contributed by atoms with Crippen LogP contribution in [0.1, 0.15) is 36.3 Å². The van der Waals surface area contributed by atoms with Crippen molar-refractivity contribution in [1.82, 2.24) is 9.80 Å². The second-order valence-corrected chi connectivity index (χ2v) is 8.86. The monoisotopic (exact) mass is 417 g/mol. The standard InChI is InChI=1S/C23H29F2N3O2/c1-15-4-6-18(7-5-15)19-10-20(21(30-3)26-16(2)17-8-9-17)12-27(11-19)22(29)28-13-23(24,25)14-28/h4-7,17,19-20H,2,8-14H2,1,3H3. The minimum Gasteiger partial charge on any atom is -0.484 e. The molecule has 3 aliphatic rings. The minimum atomic E-state index is -2.78. The van der Waals surface area contributed by atoms with E-state index in [-0.39, 0.29) is 17.9 Å². The summed E-state index contributed by atoms with van der Waals surface area (Å²) in [6.45, 7) is 6.00. The van der Waals surface area contributed by atoms with Gasteiger partial charge in [-0.2, -0.15) is 0 Å². The molecular formula is C23H29F2N3O2. The topological polar surface area (TPSA) is 45.1 Å². The number of hydrogen-bond donors (Lipinski definition) is 0. The molecule has 0 bridgehead atoms. The molecule has 0 spiro atoms. The Bertz CT molecular complexity index is 841. The van der Waals surface area contributed by atoms with Gasteiger partial charge >= 0.3 is 6.03 Å². The number of likely N-dealkylation sites (tertiary alicyclic amines) is 2. The van der Waals surface area contributed by atoms with E-state index in [1.165, 1.54) is 10.5 Å². The van der Waals surface area contributed by atoms with Crippen LogP contribution in [-0.4, -0.2) is 60.9 Å². The third-order valence-corrected chi connectivity index (χ3v) is 6.25. The number of carbonyl (C=O) groups excluding carboxylic acids is 1. The fraction of sp³-hybridized carbons (Fsp3) is 0.565. The molecule has 1 saturated carbocycles. The number of rotatable bonds is 4. The molecule has 0 radical (unpaired) electrons. The first-order valence-electron chi connectivity index (χ1n) is 10.6. The van der Waals surface area contributed by atoms with Crippen molar-refractivity contribution in [3.8, 4) is 0 Å². The summed E-state index contributed by atoms with van der Waals surface area (Å²) in [5.41, 5.74) is 3.12. The van der Waals surface area contributed by atoms with Crippen molar-refractivity contribution in [3.63, 3.8) is 0 Å². The van der Waals surface area contributed by atoms with Crippen molar-refractivity contribution >= 4 is 11.9 Å². The van der Waals surface area contributed by atoms with Gasteiger partial charge in [0.05, 0.1) is 26.1 Å². The van der Waals surface area contributed by atoms with Gasteiger partial charge in [0.2, 0.25) is 0 Å². The molecule has 4 rings (SSSR count). The lowest BCUT2D eigenvalue weighted by Crippen LogP contribution is -2.63. The smallest absolute Gasteiger partial charge is 0.320 e. The van der Waals surface area contributed by atoms with Crippen LogP contribution < -0.4 is 0 Å². The van der Waals surface area contributed by atoms with E-state index in [0.717, 1.165) is 30.5 Å². The molecule has 2 amide bonds. The molecule has 1 aromatic rings.